The Hall–Kier alpha value is -4.91. The van der Waals surface area contributed by atoms with Crippen LogP contribution in [0.4, 0.5) is 36.8 Å². The van der Waals surface area contributed by atoms with Crippen LogP contribution in [0.3, 0.4) is 0 Å². The number of aliphatic carboxylic acids is 1. The predicted octanol–water partition coefficient (Wildman–Crippen LogP) is 6.31. The van der Waals surface area contributed by atoms with Gasteiger partial charge in [-0.25, -0.2) is 14.8 Å². The van der Waals surface area contributed by atoms with Gasteiger partial charge in [0.05, 0.1) is 46.9 Å². The van der Waals surface area contributed by atoms with Crippen molar-refractivity contribution >= 4 is 17.7 Å². The normalized spacial score (nSPS) is 18.1. The number of carboxylic acids is 1. The number of rotatable bonds is 9. The number of fused-ring (bicyclic) bond motifs is 1. The maximum atomic E-state index is 13.8. The van der Waals surface area contributed by atoms with Crippen LogP contribution in [0.25, 0.3) is 0 Å². The number of benzene rings is 2. The highest BCUT2D eigenvalue weighted by atomic mass is 19.4. The zero-order valence-corrected chi connectivity index (χ0v) is 24.1. The molecule has 10 nitrogen and oxygen atoms in total. The van der Waals surface area contributed by atoms with Gasteiger partial charge in [-0.3, -0.25) is 9.69 Å². The molecule has 1 aliphatic heterocycles. The molecule has 0 bridgehead atoms. The quantitative estimate of drug-likeness (QED) is 0.178. The van der Waals surface area contributed by atoms with E-state index in [1.165, 1.54) is 6.07 Å². The van der Waals surface area contributed by atoms with Crippen LogP contribution in [0.5, 0.6) is 5.75 Å². The number of aromatic nitrogens is 2. The predicted molar refractivity (Wildman–Crippen MR) is 149 cm³/mol. The third-order valence-electron chi connectivity index (χ3n) is 7.55. The third kappa shape index (κ3) is 7.31. The second kappa shape index (κ2) is 12.8. The number of carbonyl (C=O) groups is 2. The van der Waals surface area contributed by atoms with Crippen molar-refractivity contribution in [3.05, 3.63) is 81.9 Å². The molecule has 1 aliphatic rings. The molecule has 0 fully saturated rings. The Labute approximate surface area is 258 Å². The molecule has 2 aromatic carbocycles. The maximum absolute atomic E-state index is 13.8. The Balaban J connectivity index is 1.87. The van der Waals surface area contributed by atoms with E-state index in [9.17, 15) is 46.3 Å². The summed E-state index contributed by atoms with van der Waals surface area (Å²) in [5.74, 6) is -2.32. The van der Waals surface area contributed by atoms with Crippen molar-refractivity contribution in [2.75, 3.05) is 11.5 Å². The summed E-state index contributed by atoms with van der Waals surface area (Å²) in [5, 5.41) is 28.2. The summed E-state index contributed by atoms with van der Waals surface area (Å²) < 4.78 is 87.7. The van der Waals surface area contributed by atoms with Gasteiger partial charge in [-0.1, -0.05) is 6.92 Å². The molecule has 0 saturated carbocycles. The molecule has 2 heterocycles. The largest absolute Gasteiger partial charge is 0.490 e. The average Bonchev–Trinajstić information content (AvgIpc) is 2.97. The number of amides is 1. The summed E-state index contributed by atoms with van der Waals surface area (Å²) in [6.07, 6.45) is -10.6. The van der Waals surface area contributed by atoms with E-state index in [0.717, 1.165) is 35.4 Å². The van der Waals surface area contributed by atoms with Crippen LogP contribution in [0.1, 0.15) is 77.9 Å². The number of alkyl halides is 6. The van der Waals surface area contributed by atoms with Gasteiger partial charge in [-0.15, -0.1) is 0 Å². The first-order chi connectivity index (χ1) is 21.5. The zero-order chi connectivity index (χ0) is 34.0. The molecule has 4 N–H and O–H groups in total. The van der Waals surface area contributed by atoms with Crippen molar-refractivity contribution in [2.24, 2.45) is 5.73 Å². The molecular formula is C30H27F6N5O5. The molecular weight excluding hydrogens is 624 g/mol. The van der Waals surface area contributed by atoms with Gasteiger partial charge in [0.25, 0.3) is 0 Å². The fourth-order valence-electron chi connectivity index (χ4n) is 5.29. The van der Waals surface area contributed by atoms with Crippen molar-refractivity contribution in [3.8, 4) is 11.8 Å². The number of nitrogens with two attached hydrogens (primary N) is 1. The lowest BCUT2D eigenvalue weighted by Crippen LogP contribution is -2.61. The van der Waals surface area contributed by atoms with Crippen molar-refractivity contribution in [2.45, 2.75) is 63.0 Å². The van der Waals surface area contributed by atoms with E-state index in [1.54, 1.807) is 13.0 Å². The highest BCUT2D eigenvalue weighted by molar-refractivity contribution is 5.90. The average molecular weight is 652 g/mol. The molecule has 2 atom stereocenters. The molecule has 0 spiro atoms. The number of ether oxygens (including phenoxy) is 1. The summed E-state index contributed by atoms with van der Waals surface area (Å²) in [6, 6.07) is 6.90. The lowest BCUT2D eigenvalue weighted by molar-refractivity contribution is -0.138. The van der Waals surface area contributed by atoms with Gasteiger partial charge in [0, 0.05) is 18.8 Å². The van der Waals surface area contributed by atoms with E-state index < -0.39 is 47.1 Å². The first-order valence-electron chi connectivity index (χ1n) is 13.8. The molecule has 1 amide bonds. The van der Waals surface area contributed by atoms with Crippen LogP contribution in [-0.2, 0) is 23.6 Å². The Morgan fingerprint density at radius 1 is 1.11 bits per heavy atom. The van der Waals surface area contributed by atoms with E-state index >= 15 is 0 Å². The van der Waals surface area contributed by atoms with Gasteiger partial charge in [-0.2, -0.15) is 31.6 Å². The first-order valence-corrected chi connectivity index (χ1v) is 13.8. The molecule has 4 rings (SSSR count). The Bertz CT molecular complexity index is 1690. The van der Waals surface area contributed by atoms with Crippen molar-refractivity contribution < 1.29 is 50.9 Å². The number of hydrogen-bond donors (Lipinski definition) is 3. The van der Waals surface area contributed by atoms with E-state index in [4.69, 9.17) is 15.6 Å². The molecule has 0 unspecified atom stereocenters. The minimum absolute atomic E-state index is 0.00292. The molecule has 1 aromatic heterocycles. The summed E-state index contributed by atoms with van der Waals surface area (Å²) in [4.78, 5) is 32.8. The zero-order valence-electron chi connectivity index (χ0n) is 24.1. The summed E-state index contributed by atoms with van der Waals surface area (Å²) >= 11 is 0. The molecule has 244 valence electrons. The van der Waals surface area contributed by atoms with Crippen LogP contribution in [0.15, 0.2) is 42.6 Å². The number of anilines is 1. The lowest BCUT2D eigenvalue weighted by Gasteiger charge is -2.46. The van der Waals surface area contributed by atoms with Gasteiger partial charge in [-0.05, 0) is 66.8 Å². The minimum Gasteiger partial charge on any atom is -0.490 e. The van der Waals surface area contributed by atoms with Crippen LogP contribution < -0.4 is 15.4 Å². The van der Waals surface area contributed by atoms with Gasteiger partial charge < -0.3 is 20.7 Å². The molecule has 0 aliphatic carbocycles. The van der Waals surface area contributed by atoms with Crippen LogP contribution >= 0.6 is 0 Å². The number of carboxylic acid groups (broad SMARTS) is 2. The second-order valence-electron chi connectivity index (χ2n) is 10.7. The molecule has 46 heavy (non-hydrogen) atoms. The summed E-state index contributed by atoms with van der Waals surface area (Å²) in [7, 11) is 0. The SMILES string of the molecule is CC[C@]1(N)C[C@H](c2ncc(OCCCC(=O)O)c(Cc3cc(C#N)cc(C(F)(F)F)c3)n2)c2cc(C(F)(F)F)ccc2N1C(=O)O. The minimum atomic E-state index is -4.78. The lowest BCUT2D eigenvalue weighted by atomic mass is 9.80. The van der Waals surface area contributed by atoms with Crippen molar-refractivity contribution in [1.29, 1.82) is 5.26 Å². The Morgan fingerprint density at radius 3 is 2.39 bits per heavy atom. The monoisotopic (exact) mass is 651 g/mol. The topological polar surface area (TPSA) is 163 Å². The van der Waals surface area contributed by atoms with Gasteiger partial charge in [0.15, 0.2) is 5.75 Å². The number of nitriles is 1. The van der Waals surface area contributed by atoms with Crippen molar-refractivity contribution in [3.63, 3.8) is 0 Å². The van der Waals surface area contributed by atoms with E-state index in [1.807, 2.05) is 0 Å². The van der Waals surface area contributed by atoms with Gasteiger partial charge in [0.1, 0.15) is 11.5 Å². The van der Waals surface area contributed by atoms with Gasteiger partial charge in [0.2, 0.25) is 0 Å². The van der Waals surface area contributed by atoms with E-state index in [-0.39, 0.29) is 78.4 Å². The maximum Gasteiger partial charge on any atom is 0.416 e. The fraction of sp³-hybridized carbons (Fsp3) is 0.367. The molecule has 16 heteroatoms. The van der Waals surface area contributed by atoms with Crippen LogP contribution in [-0.4, -0.2) is 44.5 Å². The van der Waals surface area contributed by atoms with Crippen molar-refractivity contribution in [1.82, 2.24) is 9.97 Å². The highest BCUT2D eigenvalue weighted by Crippen LogP contribution is 2.47. The molecule has 3 aromatic rings. The van der Waals surface area contributed by atoms with Crippen LogP contribution in [0, 0.1) is 11.3 Å². The summed E-state index contributed by atoms with van der Waals surface area (Å²) in [5.41, 5.74) is 2.29. The second-order valence-corrected chi connectivity index (χ2v) is 10.7. The first kappa shape index (κ1) is 34.0. The highest BCUT2D eigenvalue weighted by Gasteiger charge is 2.46. The smallest absolute Gasteiger partial charge is 0.416 e. The number of nitrogens with zero attached hydrogens (tertiary/aromatic N) is 4. The number of hydrogen-bond acceptors (Lipinski definition) is 7. The molecule has 0 saturated heterocycles. The third-order valence-corrected chi connectivity index (χ3v) is 7.55. The van der Waals surface area contributed by atoms with E-state index in [0.29, 0.717) is 6.07 Å². The Morgan fingerprint density at radius 2 is 1.80 bits per heavy atom. The van der Waals surface area contributed by atoms with E-state index in [2.05, 4.69) is 9.97 Å². The molecule has 0 radical (unpaired) electrons. The Kier molecular flexibility index (Phi) is 9.48. The summed E-state index contributed by atoms with van der Waals surface area (Å²) in [6.45, 7) is 1.47. The number of halogens is 6. The fourth-order valence-corrected chi connectivity index (χ4v) is 5.29. The van der Waals surface area contributed by atoms with Crippen LogP contribution in [0.2, 0.25) is 0 Å². The van der Waals surface area contributed by atoms with Gasteiger partial charge >= 0.3 is 24.4 Å². The standard InChI is InChI=1S/C30H27F6N5O5/c1-2-28(38)13-21(20-12-18(29(31,32)33)5-6-23(20)41(28)27(44)45)26-39-15-24(46-7-3-4-25(42)43)22(40-26)11-16-8-17(14-37)10-19(9-16)30(34,35)36/h5-6,8-10,12,15,21H,2-4,7,11,13,38H2,1H3,(H,42,43)(H,44,45)/t21-,28+/m0/s1.